The minimum absolute atomic E-state index is 0.260. The van der Waals surface area contributed by atoms with E-state index in [9.17, 15) is 9.59 Å². The van der Waals surface area contributed by atoms with E-state index in [-0.39, 0.29) is 6.61 Å². The Labute approximate surface area is 145 Å². The monoisotopic (exact) mass is 347 g/mol. The number of carbonyl (C=O) groups excluding carboxylic acids is 2. The van der Waals surface area contributed by atoms with Crippen LogP contribution in [0.4, 0.5) is 5.69 Å². The molecule has 1 N–H and O–H groups in total. The molecule has 2 aromatic rings. The van der Waals surface area contributed by atoms with Gasteiger partial charge in [-0.05, 0) is 49.7 Å². The highest BCUT2D eigenvalue weighted by Crippen LogP contribution is 2.16. The first kappa shape index (κ1) is 17.8. The summed E-state index contributed by atoms with van der Waals surface area (Å²) in [6.07, 6.45) is -0.936. The summed E-state index contributed by atoms with van der Waals surface area (Å²) in [5, 5.41) is 3.21. The second-order valence-electron chi connectivity index (χ2n) is 5.18. The third kappa shape index (κ3) is 5.28. The van der Waals surface area contributed by atoms with Crippen LogP contribution in [0.2, 0.25) is 5.02 Å². The second-order valence-corrected chi connectivity index (χ2v) is 5.62. The van der Waals surface area contributed by atoms with E-state index in [0.717, 1.165) is 5.56 Å². The summed E-state index contributed by atoms with van der Waals surface area (Å²) < 4.78 is 10.5. The van der Waals surface area contributed by atoms with Gasteiger partial charge < -0.3 is 14.8 Å². The van der Waals surface area contributed by atoms with Gasteiger partial charge in [-0.1, -0.05) is 29.8 Å². The Kier molecular flexibility index (Phi) is 6.21. The van der Waals surface area contributed by atoms with Gasteiger partial charge in [0.15, 0.2) is 12.7 Å². The summed E-state index contributed by atoms with van der Waals surface area (Å²) >= 11 is 5.78. The summed E-state index contributed by atoms with van der Waals surface area (Å²) in [7, 11) is 0. The fourth-order valence-corrected chi connectivity index (χ4v) is 2.04. The molecule has 0 heterocycles. The van der Waals surface area contributed by atoms with Crippen LogP contribution in [-0.2, 0) is 14.3 Å². The highest BCUT2D eigenvalue weighted by molar-refractivity contribution is 6.30. The lowest BCUT2D eigenvalue weighted by Gasteiger charge is -2.14. The summed E-state index contributed by atoms with van der Waals surface area (Å²) in [5.74, 6) is -0.439. The van der Waals surface area contributed by atoms with Gasteiger partial charge in [0.2, 0.25) is 0 Å². The highest BCUT2D eigenvalue weighted by Gasteiger charge is 2.18. The molecule has 0 aliphatic heterocycles. The number of amides is 1. The molecule has 24 heavy (non-hydrogen) atoms. The van der Waals surface area contributed by atoms with Crippen LogP contribution < -0.4 is 10.1 Å². The first-order valence-electron chi connectivity index (χ1n) is 7.40. The first-order chi connectivity index (χ1) is 11.5. The van der Waals surface area contributed by atoms with Crippen molar-refractivity contribution in [2.24, 2.45) is 0 Å². The summed E-state index contributed by atoms with van der Waals surface area (Å²) in [6.45, 7) is 3.11. The Morgan fingerprint density at radius 1 is 1.12 bits per heavy atom. The van der Waals surface area contributed by atoms with E-state index in [4.69, 9.17) is 21.1 Å². The number of hydrogen-bond donors (Lipinski definition) is 1. The zero-order chi connectivity index (χ0) is 17.5. The van der Waals surface area contributed by atoms with Crippen LogP contribution in [0.25, 0.3) is 0 Å². The first-order valence-corrected chi connectivity index (χ1v) is 7.78. The van der Waals surface area contributed by atoms with Crippen molar-refractivity contribution in [1.82, 2.24) is 0 Å². The fraction of sp³-hybridized carbons (Fsp3) is 0.222. The van der Waals surface area contributed by atoms with Gasteiger partial charge in [0, 0.05) is 10.7 Å². The average Bonchev–Trinajstić information content (AvgIpc) is 2.56. The molecule has 0 radical (unpaired) electrons. The average molecular weight is 348 g/mol. The summed E-state index contributed by atoms with van der Waals surface area (Å²) in [5.41, 5.74) is 1.49. The minimum atomic E-state index is -0.936. The number of hydrogen-bond acceptors (Lipinski definition) is 4. The molecule has 1 amide bonds. The normalized spacial score (nSPS) is 11.5. The molecule has 0 saturated carbocycles. The van der Waals surface area contributed by atoms with Gasteiger partial charge in [-0.2, -0.15) is 0 Å². The molecule has 5 nitrogen and oxygen atoms in total. The van der Waals surface area contributed by atoms with Crippen LogP contribution in [0, 0.1) is 6.92 Å². The third-order valence-corrected chi connectivity index (χ3v) is 3.48. The number of nitrogens with one attached hydrogen (secondary N) is 1. The topological polar surface area (TPSA) is 64.6 Å². The highest BCUT2D eigenvalue weighted by atomic mass is 35.5. The van der Waals surface area contributed by atoms with E-state index in [1.165, 1.54) is 6.92 Å². The maximum Gasteiger partial charge on any atom is 0.344 e. The van der Waals surface area contributed by atoms with E-state index in [1.54, 1.807) is 30.3 Å². The molecular formula is C18H18ClNO4. The van der Waals surface area contributed by atoms with Crippen molar-refractivity contribution in [3.63, 3.8) is 0 Å². The smallest absolute Gasteiger partial charge is 0.344 e. The van der Waals surface area contributed by atoms with Gasteiger partial charge >= 0.3 is 5.97 Å². The third-order valence-electron chi connectivity index (χ3n) is 3.23. The maximum absolute atomic E-state index is 12.0. The molecule has 2 aromatic carbocycles. The number of aryl methyl sites for hydroxylation is 1. The van der Waals surface area contributed by atoms with Crippen molar-refractivity contribution < 1.29 is 19.1 Å². The molecule has 126 valence electrons. The predicted octanol–water partition coefficient (Wildman–Crippen LogP) is 3.60. The number of para-hydroxylation sites is 1. The van der Waals surface area contributed by atoms with Crippen molar-refractivity contribution in [2.75, 3.05) is 11.9 Å². The van der Waals surface area contributed by atoms with E-state index in [2.05, 4.69) is 5.32 Å². The van der Waals surface area contributed by atoms with Crippen molar-refractivity contribution >= 4 is 29.2 Å². The molecule has 0 bridgehead atoms. The molecule has 1 atom stereocenters. The van der Waals surface area contributed by atoms with E-state index < -0.39 is 18.0 Å². The van der Waals surface area contributed by atoms with Crippen molar-refractivity contribution in [1.29, 1.82) is 0 Å². The molecule has 2 rings (SSSR count). The number of ether oxygens (including phenoxy) is 2. The predicted molar refractivity (Wildman–Crippen MR) is 92.3 cm³/mol. The van der Waals surface area contributed by atoms with E-state index >= 15 is 0 Å². The van der Waals surface area contributed by atoms with Crippen molar-refractivity contribution in [3.8, 4) is 5.75 Å². The number of esters is 1. The Morgan fingerprint density at radius 3 is 2.46 bits per heavy atom. The fourth-order valence-electron chi connectivity index (χ4n) is 1.92. The largest absolute Gasteiger partial charge is 0.482 e. The van der Waals surface area contributed by atoms with Gasteiger partial charge in [-0.25, -0.2) is 4.79 Å². The van der Waals surface area contributed by atoms with Crippen LogP contribution in [0.15, 0.2) is 48.5 Å². The quantitative estimate of drug-likeness (QED) is 0.811. The maximum atomic E-state index is 12.0. The lowest BCUT2D eigenvalue weighted by Crippen LogP contribution is -2.31. The molecule has 0 aliphatic carbocycles. The molecule has 1 unspecified atom stereocenters. The number of halogens is 1. The summed E-state index contributed by atoms with van der Waals surface area (Å²) in [4.78, 5) is 23.8. The molecule has 0 saturated heterocycles. The number of benzene rings is 2. The Hall–Kier alpha value is -2.53. The van der Waals surface area contributed by atoms with E-state index in [0.29, 0.717) is 16.5 Å². The molecule has 6 heteroatoms. The van der Waals surface area contributed by atoms with Gasteiger partial charge in [-0.15, -0.1) is 0 Å². The second kappa shape index (κ2) is 8.36. The van der Waals surface area contributed by atoms with Crippen LogP contribution in [0.3, 0.4) is 0 Å². The van der Waals surface area contributed by atoms with E-state index in [1.807, 2.05) is 25.1 Å². The zero-order valence-electron chi connectivity index (χ0n) is 13.4. The van der Waals surface area contributed by atoms with Crippen LogP contribution in [-0.4, -0.2) is 24.6 Å². The van der Waals surface area contributed by atoms with Gasteiger partial charge in [0.1, 0.15) is 5.75 Å². The Bertz CT molecular complexity index is 715. The number of carbonyl (C=O) groups is 2. The SMILES string of the molecule is Cc1ccccc1OCC(=O)OC(C)C(=O)Nc1ccc(Cl)cc1. The van der Waals surface area contributed by atoms with Gasteiger partial charge in [0.05, 0.1) is 0 Å². The molecule has 0 spiro atoms. The Morgan fingerprint density at radius 2 is 1.79 bits per heavy atom. The Balaban J connectivity index is 1.81. The minimum Gasteiger partial charge on any atom is -0.482 e. The van der Waals surface area contributed by atoms with Crippen molar-refractivity contribution in [2.45, 2.75) is 20.0 Å². The molecule has 0 fully saturated rings. The van der Waals surface area contributed by atoms with Gasteiger partial charge in [0.25, 0.3) is 5.91 Å². The lowest BCUT2D eigenvalue weighted by atomic mass is 10.2. The van der Waals surface area contributed by atoms with Crippen molar-refractivity contribution in [3.05, 3.63) is 59.1 Å². The molecular weight excluding hydrogens is 330 g/mol. The summed E-state index contributed by atoms with van der Waals surface area (Å²) in [6, 6.07) is 14.0. The number of rotatable bonds is 6. The zero-order valence-corrected chi connectivity index (χ0v) is 14.2. The number of anilines is 1. The molecule has 0 aromatic heterocycles. The van der Waals surface area contributed by atoms with Crippen LogP contribution in [0.5, 0.6) is 5.75 Å². The standard InChI is InChI=1S/C18H18ClNO4/c1-12-5-3-4-6-16(12)23-11-17(21)24-13(2)18(22)20-15-9-7-14(19)8-10-15/h3-10,13H,11H2,1-2H3,(H,20,22). The molecule has 0 aliphatic rings. The van der Waals surface area contributed by atoms with Crippen LogP contribution >= 0.6 is 11.6 Å². The lowest BCUT2D eigenvalue weighted by molar-refractivity contribution is -0.155. The van der Waals surface area contributed by atoms with Crippen LogP contribution in [0.1, 0.15) is 12.5 Å². The van der Waals surface area contributed by atoms with Gasteiger partial charge in [-0.3, -0.25) is 4.79 Å².